The monoisotopic (exact) mass is 1190 g/mol. The van der Waals surface area contributed by atoms with Gasteiger partial charge in [-0.15, -0.1) is 11.3 Å². The molecule has 0 saturated carbocycles. The Hall–Kier alpha value is -6.93. The highest BCUT2D eigenvalue weighted by molar-refractivity contribution is 14.1. The normalized spacial score (nSPS) is 14.1. The van der Waals surface area contributed by atoms with Gasteiger partial charge in [-0.3, -0.25) is 0 Å². The zero-order valence-electron chi connectivity index (χ0n) is 50.0. The van der Waals surface area contributed by atoms with E-state index in [4.69, 9.17) is 0 Å². The Balaban J connectivity index is 1.11. The van der Waals surface area contributed by atoms with Gasteiger partial charge >= 0.3 is 0 Å². The lowest BCUT2D eigenvalue weighted by Crippen LogP contribution is -2.19. The number of benzene rings is 9. The third-order valence-electron chi connectivity index (χ3n) is 17.8. The van der Waals surface area contributed by atoms with E-state index in [1.54, 1.807) is 0 Å². The van der Waals surface area contributed by atoms with Crippen LogP contribution in [0.15, 0.2) is 188 Å². The maximum atomic E-state index is 2.64. The topological polar surface area (TPSA) is 9.72 Å². The van der Waals surface area contributed by atoms with Gasteiger partial charge in [0.25, 0.3) is 0 Å². The van der Waals surface area contributed by atoms with Crippen LogP contribution in [0.5, 0.6) is 0 Å². The molecule has 0 atom stereocenters. The van der Waals surface area contributed by atoms with Crippen LogP contribution in [0.1, 0.15) is 140 Å². The largest absolute Gasteiger partial charge is 0.310 e. The summed E-state index contributed by atoms with van der Waals surface area (Å²) in [5.41, 5.74) is 27.0. The summed E-state index contributed by atoms with van der Waals surface area (Å²) in [6.07, 6.45) is 0. The van der Waals surface area contributed by atoms with Crippen molar-refractivity contribution in [3.05, 3.63) is 241 Å². The van der Waals surface area contributed by atoms with Gasteiger partial charge in [0, 0.05) is 49.2 Å². The summed E-state index contributed by atoms with van der Waals surface area (Å²) in [5, 5.41) is 1.27. The Bertz CT molecular complexity index is 4020. The lowest BCUT2D eigenvalue weighted by Gasteiger charge is -2.35. The molecular weight excluding hydrogens is 1110 g/mol. The highest BCUT2D eigenvalue weighted by Gasteiger charge is 2.40. The molecule has 0 fully saturated rings. The lowest BCUT2D eigenvalue weighted by atomic mass is 9.82. The smallest absolute Gasteiger partial charge is 0.0906 e. The zero-order chi connectivity index (χ0) is 57.3. The van der Waals surface area contributed by atoms with Crippen molar-refractivity contribution in [3.63, 3.8) is 0 Å². The van der Waals surface area contributed by atoms with E-state index in [1.165, 1.54) is 91.0 Å². The summed E-state index contributed by atoms with van der Waals surface area (Å²) < 4.78 is 2.56. The average molecular weight is 1190 g/mol. The number of thiophene rings is 1. The molecule has 0 saturated heterocycles. The van der Waals surface area contributed by atoms with E-state index in [0.717, 1.165) is 45.5 Å². The number of rotatable bonds is 9. The van der Waals surface area contributed by atoms with Crippen LogP contribution < -0.4 is 14.7 Å². The van der Waals surface area contributed by atoms with E-state index < -0.39 is 0 Å². The molecule has 1 heterocycles. The molecule has 0 aliphatic heterocycles. The van der Waals surface area contributed by atoms with E-state index in [0.29, 0.717) is 0 Å². The Labute approximate surface area is 500 Å². The summed E-state index contributed by atoms with van der Waals surface area (Å²) in [6.45, 7) is 34.9. The molecule has 408 valence electrons. The molecule has 0 unspecified atom stereocenters. The fourth-order valence-electron chi connectivity index (χ4n) is 13.0. The van der Waals surface area contributed by atoms with Crippen LogP contribution in [-0.4, -0.2) is 0 Å². The molecule has 3 nitrogen and oxygen atoms in total. The number of nitrogens with zero attached hydrogens (tertiary/aromatic N) is 3. The maximum absolute atomic E-state index is 2.64. The van der Waals surface area contributed by atoms with E-state index in [9.17, 15) is 0 Å². The van der Waals surface area contributed by atoms with Gasteiger partial charge in [0.1, 0.15) is 0 Å². The Kier molecular flexibility index (Phi) is 13.2. The fraction of sp³-hybridized carbons (Fsp3) is 0.263. The van der Waals surface area contributed by atoms with Crippen LogP contribution in [0.25, 0.3) is 32.3 Å². The van der Waals surface area contributed by atoms with Crippen molar-refractivity contribution in [2.75, 3.05) is 14.7 Å². The highest BCUT2D eigenvalue weighted by Crippen LogP contribution is 2.58. The zero-order valence-corrected chi connectivity index (χ0v) is 53.0. The molecule has 9 aromatic carbocycles. The van der Waals surface area contributed by atoms with Crippen LogP contribution >= 0.6 is 33.9 Å². The van der Waals surface area contributed by atoms with Crippen molar-refractivity contribution >= 4 is 95.2 Å². The first-order valence-corrected chi connectivity index (χ1v) is 30.8. The number of anilines is 9. The van der Waals surface area contributed by atoms with Crippen LogP contribution in [-0.2, 0) is 27.1 Å². The number of fused-ring (bicyclic) bond motifs is 7. The number of hydrogen-bond donors (Lipinski definition) is 0. The molecule has 10 aromatic rings. The van der Waals surface area contributed by atoms with Crippen molar-refractivity contribution in [2.45, 2.75) is 131 Å². The summed E-state index contributed by atoms with van der Waals surface area (Å²) in [6, 6.07) is 72.0. The van der Waals surface area contributed by atoms with E-state index >= 15 is 0 Å². The Morgan fingerprint density at radius 2 is 0.827 bits per heavy atom. The summed E-state index contributed by atoms with van der Waals surface area (Å²) in [5.74, 6) is 0. The van der Waals surface area contributed by atoms with Gasteiger partial charge in [0.05, 0.1) is 31.3 Å². The lowest BCUT2D eigenvalue weighted by molar-refractivity contribution is 0.590. The number of halogens is 1. The van der Waals surface area contributed by atoms with Gasteiger partial charge < -0.3 is 14.7 Å². The van der Waals surface area contributed by atoms with Crippen molar-refractivity contribution in [3.8, 4) is 22.3 Å². The highest BCUT2D eigenvalue weighted by atomic mass is 127. The predicted octanol–water partition coefficient (Wildman–Crippen LogP) is 23.0. The van der Waals surface area contributed by atoms with E-state index in [1.807, 2.05) is 11.3 Å². The molecule has 0 amide bonds. The van der Waals surface area contributed by atoms with Crippen molar-refractivity contribution < 1.29 is 0 Å². The first-order valence-electron chi connectivity index (χ1n) is 28.9. The molecule has 5 heteroatoms. The third-order valence-corrected chi connectivity index (χ3v) is 19.9. The molecule has 1 aromatic heterocycles. The second-order valence-electron chi connectivity index (χ2n) is 26.9. The fourth-order valence-corrected chi connectivity index (χ4v) is 15.2. The van der Waals surface area contributed by atoms with Crippen LogP contribution in [0.3, 0.4) is 0 Å². The molecule has 2 aliphatic carbocycles. The van der Waals surface area contributed by atoms with Crippen molar-refractivity contribution in [1.29, 1.82) is 0 Å². The van der Waals surface area contributed by atoms with Gasteiger partial charge in [-0.1, -0.05) is 199 Å². The molecule has 0 spiro atoms. The van der Waals surface area contributed by atoms with Gasteiger partial charge in [0.2, 0.25) is 0 Å². The molecule has 0 bridgehead atoms. The maximum Gasteiger partial charge on any atom is 0.0906 e. The molecule has 12 rings (SSSR count). The number of hydrogen-bond acceptors (Lipinski definition) is 4. The minimum Gasteiger partial charge on any atom is -0.310 e. The van der Waals surface area contributed by atoms with Crippen LogP contribution in [0.4, 0.5) is 51.2 Å². The third kappa shape index (κ3) is 9.22. The summed E-state index contributed by atoms with van der Waals surface area (Å²) in [7, 11) is 0. The minimum atomic E-state index is -0.195. The Morgan fingerprint density at radius 3 is 1.38 bits per heavy atom. The van der Waals surface area contributed by atoms with Crippen molar-refractivity contribution in [2.24, 2.45) is 0 Å². The molecular formula is C76H76IN3S. The van der Waals surface area contributed by atoms with E-state index in [-0.39, 0.29) is 27.1 Å². The molecule has 0 radical (unpaired) electrons. The SMILES string of the molecule is Cc1ccc(N(c2ccc(C(C)(C)C)cc2)c2ccc(C(C)(C)C)cc2)cc1N(c1cccc(N(c2ccc(C(C)(C)C)cc2)c2c(I)sc3cc4c(cc23)-c2ccccc2C4(C)C)c1C)c1cccc2c1-c1ccccc1C2(C)C. The van der Waals surface area contributed by atoms with Crippen LogP contribution in [0.2, 0.25) is 0 Å². The van der Waals surface area contributed by atoms with Gasteiger partial charge in [-0.05, 0) is 198 Å². The molecule has 2 aliphatic rings. The van der Waals surface area contributed by atoms with Gasteiger partial charge in [-0.2, -0.15) is 0 Å². The van der Waals surface area contributed by atoms with Crippen LogP contribution in [0, 0.1) is 16.7 Å². The van der Waals surface area contributed by atoms with Gasteiger partial charge in [-0.25, -0.2) is 0 Å². The molecule has 81 heavy (non-hydrogen) atoms. The van der Waals surface area contributed by atoms with Gasteiger partial charge in [0.15, 0.2) is 0 Å². The van der Waals surface area contributed by atoms with Crippen molar-refractivity contribution in [1.82, 2.24) is 0 Å². The number of aryl methyl sites for hydroxylation is 1. The minimum absolute atomic E-state index is 0.000797. The predicted molar refractivity (Wildman–Crippen MR) is 359 cm³/mol. The Morgan fingerprint density at radius 1 is 0.383 bits per heavy atom. The standard InChI is InChI=1S/C76H76IN3S/c1-47-30-37-55(78(52-38-31-49(32-39-52)72(3,4)5)53-40-33-50(34-41-53)73(6,7)8)44-67(47)80(66-29-20-26-62-69(66)57-23-17-19-25-61(57)75(62,12)13)65-28-21-27-64(48(65)2)79(54-42-35-51(36-43-54)74(9,10)11)70-59-45-58-56-22-16-18-24-60(56)76(14,15)63(58)46-68(59)81-71(70)77/h16-46H,1-15H3. The first kappa shape index (κ1) is 54.6. The second-order valence-corrected chi connectivity index (χ2v) is 29.8. The summed E-state index contributed by atoms with van der Waals surface area (Å²) >= 11 is 4.54. The second kappa shape index (κ2) is 19.6. The average Bonchev–Trinajstić information content (AvgIpc) is 4.19. The van der Waals surface area contributed by atoms with E-state index in [2.05, 4.69) is 329 Å². The summed E-state index contributed by atoms with van der Waals surface area (Å²) in [4.78, 5) is 7.62. The first-order chi connectivity index (χ1) is 38.3. The molecule has 0 N–H and O–H groups in total. The quantitative estimate of drug-likeness (QED) is 0.133.